The lowest BCUT2D eigenvalue weighted by molar-refractivity contribution is -0.0541. The standard InChI is InChI=1S/C17H25ClN5O5P.C2H6/c18-17-21-15(20-10-3-1-2-4-10)14-16(22-17)23(9-19-14)12-6-5-11(28-12)8-27-13(7-24)29(25)26;1-2/h9-13,24-26H,1-8H2,(H,20,21,22);1-2H3. The van der Waals surface area contributed by atoms with Crippen molar-refractivity contribution in [3.63, 3.8) is 0 Å². The predicted molar refractivity (Wildman–Crippen MR) is 119 cm³/mol. The fraction of sp³-hybridized carbons (Fsp3) is 0.737. The zero-order valence-corrected chi connectivity index (χ0v) is 19.5. The summed E-state index contributed by atoms with van der Waals surface area (Å²) < 4.78 is 13.3. The lowest BCUT2D eigenvalue weighted by atomic mass is 10.2. The number of fused-ring (bicyclic) bond motifs is 1. The van der Waals surface area contributed by atoms with Gasteiger partial charge in [-0.1, -0.05) is 26.7 Å². The Bertz CT molecular complexity index is 835. The maximum atomic E-state index is 9.21. The Kier molecular flexibility index (Phi) is 9.21. The van der Waals surface area contributed by atoms with Gasteiger partial charge in [-0.25, -0.2) is 4.98 Å². The molecule has 2 aliphatic rings. The molecule has 4 rings (SSSR count). The minimum Gasteiger partial charge on any atom is -0.393 e. The highest BCUT2D eigenvalue weighted by Gasteiger charge is 2.30. The predicted octanol–water partition coefficient (Wildman–Crippen LogP) is 3.17. The molecule has 174 valence electrons. The summed E-state index contributed by atoms with van der Waals surface area (Å²) in [4.78, 5) is 31.6. The van der Waals surface area contributed by atoms with Gasteiger partial charge in [0.25, 0.3) is 0 Å². The monoisotopic (exact) mass is 475 g/mol. The molecule has 1 saturated carbocycles. The molecule has 3 unspecified atom stereocenters. The number of nitrogens with zero attached hydrogens (tertiary/aromatic N) is 4. The number of aliphatic hydroxyl groups excluding tert-OH is 1. The van der Waals surface area contributed by atoms with E-state index in [4.69, 9.17) is 26.2 Å². The second-order valence-electron chi connectivity index (χ2n) is 7.37. The first-order valence-corrected chi connectivity index (χ1v) is 12.5. The Labute approximate surface area is 187 Å². The topological polar surface area (TPSA) is 135 Å². The van der Waals surface area contributed by atoms with Crippen molar-refractivity contribution in [2.24, 2.45) is 0 Å². The van der Waals surface area contributed by atoms with Gasteiger partial charge in [0.05, 0.1) is 25.6 Å². The lowest BCUT2D eigenvalue weighted by Crippen LogP contribution is -2.23. The van der Waals surface area contributed by atoms with Crippen LogP contribution in [0.2, 0.25) is 5.28 Å². The number of halogens is 1. The summed E-state index contributed by atoms with van der Waals surface area (Å²) in [6.45, 7) is 3.71. The molecular formula is C19H31ClN5O5P. The van der Waals surface area contributed by atoms with Gasteiger partial charge in [0.2, 0.25) is 5.28 Å². The quantitative estimate of drug-likeness (QED) is 0.335. The van der Waals surface area contributed by atoms with Crippen molar-refractivity contribution < 1.29 is 24.4 Å². The highest BCUT2D eigenvalue weighted by molar-refractivity contribution is 7.45. The van der Waals surface area contributed by atoms with Crippen LogP contribution < -0.4 is 5.32 Å². The van der Waals surface area contributed by atoms with Crippen molar-refractivity contribution in [3.8, 4) is 0 Å². The van der Waals surface area contributed by atoms with Crippen molar-refractivity contribution in [1.82, 2.24) is 19.5 Å². The third-order valence-electron chi connectivity index (χ3n) is 5.37. The van der Waals surface area contributed by atoms with E-state index in [9.17, 15) is 9.79 Å². The first-order valence-electron chi connectivity index (χ1n) is 10.8. The molecule has 12 heteroatoms. The number of aromatic nitrogens is 4. The van der Waals surface area contributed by atoms with E-state index in [0.717, 1.165) is 25.7 Å². The second kappa shape index (κ2) is 11.7. The number of hydrogen-bond donors (Lipinski definition) is 4. The SMILES string of the molecule is CC.OCC(OCC1CCC(n2cnc3c(NC4CCCC4)nc(Cl)nc32)O1)P(O)O. The third-order valence-corrected chi connectivity index (χ3v) is 6.37. The first kappa shape index (κ1) is 24.5. The summed E-state index contributed by atoms with van der Waals surface area (Å²) in [5, 5.41) is 12.7. The van der Waals surface area contributed by atoms with Crippen LogP contribution in [0, 0.1) is 0 Å². The number of rotatable bonds is 8. The van der Waals surface area contributed by atoms with E-state index in [1.807, 2.05) is 18.4 Å². The molecule has 1 aliphatic carbocycles. The van der Waals surface area contributed by atoms with Crippen molar-refractivity contribution in [3.05, 3.63) is 11.6 Å². The van der Waals surface area contributed by atoms with E-state index < -0.39 is 20.8 Å². The zero-order chi connectivity index (χ0) is 22.4. The fourth-order valence-electron chi connectivity index (χ4n) is 3.89. The molecule has 4 N–H and O–H groups in total. The molecule has 31 heavy (non-hydrogen) atoms. The van der Waals surface area contributed by atoms with Gasteiger partial charge in [0.1, 0.15) is 12.1 Å². The van der Waals surface area contributed by atoms with E-state index >= 15 is 0 Å². The molecule has 0 spiro atoms. The number of anilines is 1. The average molecular weight is 476 g/mol. The van der Waals surface area contributed by atoms with Crippen LogP contribution in [0.3, 0.4) is 0 Å². The normalized spacial score (nSPS) is 22.7. The number of hydrogen-bond acceptors (Lipinski definition) is 9. The Balaban J connectivity index is 0.00000132. The number of nitrogens with one attached hydrogen (secondary N) is 1. The van der Waals surface area contributed by atoms with Crippen molar-refractivity contribution in [1.29, 1.82) is 0 Å². The Morgan fingerprint density at radius 3 is 2.68 bits per heavy atom. The van der Waals surface area contributed by atoms with Gasteiger partial charge >= 0.3 is 0 Å². The van der Waals surface area contributed by atoms with E-state index in [1.54, 1.807) is 6.33 Å². The van der Waals surface area contributed by atoms with E-state index in [0.29, 0.717) is 23.0 Å². The van der Waals surface area contributed by atoms with Crippen LogP contribution in [0.1, 0.15) is 58.6 Å². The molecule has 0 radical (unpaired) electrons. The maximum Gasteiger partial charge on any atom is 0.226 e. The fourth-order valence-corrected chi connectivity index (χ4v) is 4.42. The Morgan fingerprint density at radius 2 is 2.00 bits per heavy atom. The third kappa shape index (κ3) is 6.01. The zero-order valence-electron chi connectivity index (χ0n) is 17.8. The summed E-state index contributed by atoms with van der Waals surface area (Å²) in [5.41, 5.74) is 1.27. The molecule has 2 aromatic heterocycles. The van der Waals surface area contributed by atoms with Crippen LogP contribution in [0.4, 0.5) is 5.82 Å². The van der Waals surface area contributed by atoms with Gasteiger partial charge in [-0.2, -0.15) is 9.97 Å². The molecule has 1 saturated heterocycles. The van der Waals surface area contributed by atoms with Crippen molar-refractivity contribution in [2.75, 3.05) is 18.5 Å². The van der Waals surface area contributed by atoms with Crippen LogP contribution in [-0.4, -0.2) is 65.6 Å². The summed E-state index contributed by atoms with van der Waals surface area (Å²) in [5.74, 6) is -0.342. The molecule has 0 amide bonds. The Hall–Kier alpha value is -1.13. The van der Waals surface area contributed by atoms with E-state index in [2.05, 4.69) is 20.3 Å². The number of ether oxygens (including phenoxy) is 2. The molecule has 10 nitrogen and oxygen atoms in total. The Morgan fingerprint density at radius 1 is 1.26 bits per heavy atom. The summed E-state index contributed by atoms with van der Waals surface area (Å²) in [6, 6.07) is 0.376. The van der Waals surface area contributed by atoms with Gasteiger partial charge in [0, 0.05) is 6.04 Å². The largest absolute Gasteiger partial charge is 0.393 e. The number of imidazole rings is 1. The van der Waals surface area contributed by atoms with Crippen LogP contribution in [0.5, 0.6) is 0 Å². The van der Waals surface area contributed by atoms with E-state index in [-0.39, 0.29) is 24.2 Å². The maximum absolute atomic E-state index is 9.21. The van der Waals surface area contributed by atoms with Crippen LogP contribution in [0.15, 0.2) is 6.33 Å². The van der Waals surface area contributed by atoms with Crippen LogP contribution in [-0.2, 0) is 9.47 Å². The molecule has 0 bridgehead atoms. The van der Waals surface area contributed by atoms with Gasteiger partial charge in [-0.3, -0.25) is 4.57 Å². The lowest BCUT2D eigenvalue weighted by Gasteiger charge is -2.19. The molecule has 3 atom stereocenters. The first-order chi connectivity index (χ1) is 15.0. The summed E-state index contributed by atoms with van der Waals surface area (Å²) in [7, 11) is -2.35. The molecule has 3 heterocycles. The van der Waals surface area contributed by atoms with Gasteiger partial charge in [-0.05, 0) is 37.3 Å². The molecule has 1 aliphatic heterocycles. The van der Waals surface area contributed by atoms with Gasteiger partial charge < -0.3 is 29.7 Å². The smallest absolute Gasteiger partial charge is 0.226 e. The highest BCUT2D eigenvalue weighted by atomic mass is 35.5. The van der Waals surface area contributed by atoms with Gasteiger partial charge in [0.15, 0.2) is 25.4 Å². The van der Waals surface area contributed by atoms with Crippen molar-refractivity contribution in [2.45, 2.75) is 76.6 Å². The average Bonchev–Trinajstić information content (AvgIpc) is 3.50. The molecular weight excluding hydrogens is 445 g/mol. The summed E-state index contributed by atoms with van der Waals surface area (Å²) in [6.07, 6.45) is 7.25. The molecule has 2 aromatic rings. The molecule has 0 aromatic carbocycles. The summed E-state index contributed by atoms with van der Waals surface area (Å²) >= 11 is 6.17. The highest BCUT2D eigenvalue weighted by Crippen LogP contribution is 2.35. The second-order valence-corrected chi connectivity index (χ2v) is 8.93. The molecule has 2 fully saturated rings. The van der Waals surface area contributed by atoms with Gasteiger partial charge in [-0.15, -0.1) is 0 Å². The minimum atomic E-state index is -2.35. The van der Waals surface area contributed by atoms with E-state index in [1.165, 1.54) is 12.8 Å². The van der Waals surface area contributed by atoms with Crippen LogP contribution in [0.25, 0.3) is 11.2 Å². The minimum absolute atomic E-state index is 0.155. The van der Waals surface area contributed by atoms with Crippen molar-refractivity contribution >= 4 is 37.0 Å². The number of aliphatic hydroxyl groups is 1. The van der Waals surface area contributed by atoms with Crippen LogP contribution >= 0.6 is 20.0 Å².